The zero-order valence-corrected chi connectivity index (χ0v) is 37.4. The van der Waals surface area contributed by atoms with E-state index in [1.165, 1.54) is 11.1 Å². The van der Waals surface area contributed by atoms with Crippen molar-refractivity contribution in [2.45, 2.75) is 145 Å². The lowest BCUT2D eigenvalue weighted by Crippen LogP contribution is -2.66. The number of aliphatic hydroxyl groups excluding tert-OH is 1. The number of likely N-dealkylation sites (N-methyl/N-ethyl adjacent to an activating group) is 1. The van der Waals surface area contributed by atoms with Crippen LogP contribution in [0.1, 0.15) is 132 Å². The molecule has 0 amide bonds. The molecule has 0 saturated heterocycles. The maximum Gasteiger partial charge on any atom is 0.309 e. The molecule has 8 heteroatoms. The summed E-state index contributed by atoms with van der Waals surface area (Å²) in [5.41, 5.74) is 1.82. The molecule has 0 radical (unpaired) electrons. The van der Waals surface area contributed by atoms with Crippen LogP contribution in [0.5, 0.6) is 0 Å². The average molecular weight is 789 g/mol. The molecule has 318 valence electrons. The first-order valence-corrected chi connectivity index (χ1v) is 22.3. The normalized spacial score (nSPS) is 35.5. The smallest absolute Gasteiger partial charge is 0.309 e. The van der Waals surface area contributed by atoms with E-state index in [-0.39, 0.29) is 51.8 Å². The number of allylic oxidation sites excluding steroid dienone is 1. The molecule has 2 N–H and O–H groups in total. The highest BCUT2D eigenvalue weighted by molar-refractivity contribution is 6.00. The van der Waals surface area contributed by atoms with E-state index in [4.69, 9.17) is 4.74 Å². The number of nitrogens with zero attached hydrogens (tertiary/aromatic N) is 2. The van der Waals surface area contributed by atoms with Gasteiger partial charge in [-0.1, -0.05) is 84.4 Å². The summed E-state index contributed by atoms with van der Waals surface area (Å²) in [4.78, 5) is 43.9. The maximum atomic E-state index is 14.3. The van der Waals surface area contributed by atoms with Crippen molar-refractivity contribution in [3.8, 4) is 0 Å². The molecule has 8 nitrogen and oxygen atoms in total. The molecule has 5 aliphatic carbocycles. The van der Waals surface area contributed by atoms with E-state index in [2.05, 4.69) is 103 Å². The lowest BCUT2D eigenvalue weighted by Gasteiger charge is -2.72. The Morgan fingerprint density at radius 1 is 0.877 bits per heavy atom. The van der Waals surface area contributed by atoms with Crippen LogP contribution < -0.4 is 0 Å². The summed E-state index contributed by atoms with van der Waals surface area (Å²) in [5.74, 6) is 0.0937. The number of carbonyl (C=O) groups is 3. The molecule has 9 atom stereocenters. The molecule has 0 aliphatic heterocycles. The standard InChI is InChI=1S/C49H76N2O6/c1-32(2)41-35(52)29-49(38(53)31-51(28-27-50(10)11)26-21-33-15-13-12-14-16-33)25-24-47(8)34(42(41)49)17-18-37-46(7)22-20-39(57-40(54)30-44(3,4)43(55)56)45(5,6)36(46)19-23-48(37,47)9/h12-16,32,34,36-39,53H,17-31H2,1-11H3,(H,55,56)/t34-,36+,37-,38-,39+,46+,47-,48-,49?/m1/s1. The van der Waals surface area contributed by atoms with Gasteiger partial charge >= 0.3 is 11.9 Å². The van der Waals surface area contributed by atoms with E-state index in [1.54, 1.807) is 13.8 Å². The Labute approximate surface area is 344 Å². The average Bonchev–Trinajstić information content (AvgIpc) is 3.44. The molecule has 0 spiro atoms. The Balaban J connectivity index is 1.27. The first kappa shape index (κ1) is 44.0. The van der Waals surface area contributed by atoms with Crippen LogP contribution in [0, 0.1) is 56.2 Å². The molecule has 6 rings (SSSR count). The molecule has 0 heterocycles. The van der Waals surface area contributed by atoms with Gasteiger partial charge in [-0.2, -0.15) is 0 Å². The number of carboxylic acid groups (broad SMARTS) is 1. The molecule has 0 bridgehead atoms. The molecule has 1 unspecified atom stereocenters. The van der Waals surface area contributed by atoms with Gasteiger partial charge < -0.3 is 19.8 Å². The van der Waals surface area contributed by atoms with Crippen LogP contribution in [0.15, 0.2) is 41.5 Å². The molecule has 4 fully saturated rings. The van der Waals surface area contributed by atoms with Crippen LogP contribution in [0.25, 0.3) is 0 Å². The molecule has 1 aromatic rings. The lowest BCUT2D eigenvalue weighted by atomic mass is 9.33. The lowest BCUT2D eigenvalue weighted by molar-refractivity contribution is -0.235. The zero-order chi connectivity index (χ0) is 41.9. The topological polar surface area (TPSA) is 107 Å². The summed E-state index contributed by atoms with van der Waals surface area (Å²) in [6, 6.07) is 10.6. The summed E-state index contributed by atoms with van der Waals surface area (Å²) in [6.45, 7) is 23.0. The number of aliphatic hydroxyl groups is 1. The monoisotopic (exact) mass is 789 g/mol. The van der Waals surface area contributed by atoms with Gasteiger partial charge in [0.05, 0.1) is 17.9 Å². The summed E-state index contributed by atoms with van der Waals surface area (Å²) in [7, 11) is 4.21. The summed E-state index contributed by atoms with van der Waals surface area (Å²) >= 11 is 0. The largest absolute Gasteiger partial charge is 0.481 e. The van der Waals surface area contributed by atoms with Crippen molar-refractivity contribution in [1.29, 1.82) is 0 Å². The van der Waals surface area contributed by atoms with Gasteiger partial charge in [0.2, 0.25) is 0 Å². The van der Waals surface area contributed by atoms with Crippen molar-refractivity contribution in [2.24, 2.45) is 56.2 Å². The third-order valence-corrected chi connectivity index (χ3v) is 17.4. The van der Waals surface area contributed by atoms with Crippen LogP contribution >= 0.6 is 0 Å². The van der Waals surface area contributed by atoms with Gasteiger partial charge in [0.1, 0.15) is 6.10 Å². The first-order chi connectivity index (χ1) is 26.5. The van der Waals surface area contributed by atoms with Crippen molar-refractivity contribution < 1.29 is 29.3 Å². The third-order valence-electron chi connectivity index (χ3n) is 17.4. The van der Waals surface area contributed by atoms with Crippen molar-refractivity contribution in [3.63, 3.8) is 0 Å². The van der Waals surface area contributed by atoms with Crippen LogP contribution in [-0.4, -0.2) is 90.2 Å². The van der Waals surface area contributed by atoms with Crippen molar-refractivity contribution in [1.82, 2.24) is 9.80 Å². The fraction of sp³-hybridized carbons (Fsp3) is 0.776. The molecular formula is C49H76N2O6. The second kappa shape index (κ2) is 15.8. The summed E-state index contributed by atoms with van der Waals surface area (Å²) < 4.78 is 6.20. The quantitative estimate of drug-likeness (QED) is 0.180. The number of ether oxygens (including phenoxy) is 1. The minimum Gasteiger partial charge on any atom is -0.481 e. The van der Waals surface area contributed by atoms with Gasteiger partial charge in [0.15, 0.2) is 5.78 Å². The number of Topliss-reactive ketones (excluding diaryl/α,β-unsaturated/α-hetero) is 1. The van der Waals surface area contributed by atoms with Gasteiger partial charge in [-0.3, -0.25) is 19.3 Å². The second-order valence-electron chi connectivity index (χ2n) is 21.9. The molecule has 5 aliphatic rings. The number of fused-ring (bicyclic) bond motifs is 7. The number of hydrogen-bond acceptors (Lipinski definition) is 7. The van der Waals surface area contributed by atoms with Gasteiger partial charge in [-0.15, -0.1) is 0 Å². The van der Waals surface area contributed by atoms with E-state index in [0.29, 0.717) is 24.8 Å². The molecular weight excluding hydrogens is 713 g/mol. The van der Waals surface area contributed by atoms with Gasteiger partial charge in [-0.05, 0) is 137 Å². The number of carbonyl (C=O) groups excluding carboxylic acids is 2. The van der Waals surface area contributed by atoms with Gasteiger partial charge in [-0.25, -0.2) is 0 Å². The van der Waals surface area contributed by atoms with E-state index < -0.39 is 28.9 Å². The summed E-state index contributed by atoms with van der Waals surface area (Å²) in [5, 5.41) is 22.3. The van der Waals surface area contributed by atoms with Crippen molar-refractivity contribution in [2.75, 3.05) is 40.3 Å². The van der Waals surface area contributed by atoms with Crippen LogP contribution in [-0.2, 0) is 25.5 Å². The highest BCUT2D eigenvalue weighted by atomic mass is 16.5. The summed E-state index contributed by atoms with van der Waals surface area (Å²) in [6.07, 6.45) is 8.26. The number of aliphatic carboxylic acids is 1. The van der Waals surface area contributed by atoms with Crippen LogP contribution in [0.2, 0.25) is 0 Å². The van der Waals surface area contributed by atoms with Crippen LogP contribution in [0.3, 0.4) is 0 Å². The van der Waals surface area contributed by atoms with E-state index in [1.807, 2.05) is 0 Å². The van der Waals surface area contributed by atoms with Crippen molar-refractivity contribution >= 4 is 17.7 Å². The Morgan fingerprint density at radius 3 is 2.19 bits per heavy atom. The van der Waals surface area contributed by atoms with Crippen LogP contribution in [0.4, 0.5) is 0 Å². The number of esters is 1. The number of rotatable bonds is 14. The minimum atomic E-state index is -1.17. The second-order valence-corrected chi connectivity index (χ2v) is 21.9. The third kappa shape index (κ3) is 7.60. The predicted octanol–water partition coefficient (Wildman–Crippen LogP) is 8.85. The fourth-order valence-electron chi connectivity index (χ4n) is 13.9. The molecule has 57 heavy (non-hydrogen) atoms. The van der Waals surface area contributed by atoms with E-state index >= 15 is 0 Å². The molecule has 4 saturated carbocycles. The minimum absolute atomic E-state index is 0.0129. The predicted molar refractivity (Wildman–Crippen MR) is 226 cm³/mol. The van der Waals surface area contributed by atoms with Gasteiger partial charge in [0.25, 0.3) is 0 Å². The SMILES string of the molecule is CC(C)C1=C2[C@H]3CC[C@@H]4[C@@]5(C)CC[C@H](OC(=O)CC(C)(C)C(=O)O)C(C)(C)[C@@H]5CC[C@@]4(C)[C@]3(C)CCC2([C@H](O)CN(CCc2ccccc2)CCN(C)C)CC1=O. The van der Waals surface area contributed by atoms with Crippen molar-refractivity contribution in [3.05, 3.63) is 47.0 Å². The number of hydrogen-bond donors (Lipinski definition) is 2. The highest BCUT2D eigenvalue weighted by Crippen LogP contribution is 2.77. The Bertz CT molecular complexity index is 1700. The maximum absolute atomic E-state index is 14.3. The number of carboxylic acids is 1. The molecule has 0 aromatic heterocycles. The Morgan fingerprint density at radius 2 is 1.56 bits per heavy atom. The fourth-order valence-corrected chi connectivity index (χ4v) is 13.9. The molecule has 1 aromatic carbocycles. The first-order valence-electron chi connectivity index (χ1n) is 22.3. The van der Waals surface area contributed by atoms with E-state index in [9.17, 15) is 24.6 Å². The Kier molecular flexibility index (Phi) is 12.2. The van der Waals surface area contributed by atoms with Gasteiger partial charge in [0, 0.05) is 43.4 Å². The van der Waals surface area contributed by atoms with E-state index in [0.717, 1.165) is 83.0 Å². The number of ketones is 1. The number of benzene rings is 1. The highest BCUT2D eigenvalue weighted by Gasteiger charge is 2.71. The Hall–Kier alpha value is -2.55. The zero-order valence-electron chi connectivity index (χ0n) is 37.4.